The SMILES string of the molecule is CCn1nc(C)cc1NC1(OC(=O)C(F)(F)F)Nc2cc(C(N)=O)ccc2N1CCCCN. The quantitative estimate of drug-likeness (QED) is 0.249. The van der Waals surface area contributed by atoms with Crippen molar-refractivity contribution < 1.29 is 27.5 Å². The van der Waals surface area contributed by atoms with Crippen LogP contribution in [0.1, 0.15) is 35.8 Å². The lowest BCUT2D eigenvalue weighted by Gasteiger charge is -2.39. The predicted molar refractivity (Wildman–Crippen MR) is 115 cm³/mol. The van der Waals surface area contributed by atoms with Crippen LogP contribution in [-0.4, -0.2) is 46.9 Å². The summed E-state index contributed by atoms with van der Waals surface area (Å²) in [6.07, 6.45) is -4.16. The van der Waals surface area contributed by atoms with E-state index in [-0.39, 0.29) is 17.8 Å². The number of nitrogens with one attached hydrogen (secondary N) is 2. The van der Waals surface area contributed by atoms with Crippen molar-refractivity contribution in [2.24, 2.45) is 11.5 Å². The number of fused-ring (bicyclic) bond motifs is 1. The molecule has 10 nitrogen and oxygen atoms in total. The van der Waals surface area contributed by atoms with E-state index in [0.717, 1.165) is 0 Å². The Morgan fingerprint density at radius 1 is 1.27 bits per heavy atom. The van der Waals surface area contributed by atoms with Crippen molar-refractivity contribution in [3.63, 3.8) is 0 Å². The molecule has 0 aliphatic carbocycles. The number of anilines is 3. The van der Waals surface area contributed by atoms with Crippen molar-refractivity contribution in [3.05, 3.63) is 35.5 Å². The summed E-state index contributed by atoms with van der Waals surface area (Å²) in [6.45, 7) is 4.50. The number of carbonyl (C=O) groups excluding carboxylic acids is 2. The van der Waals surface area contributed by atoms with Crippen LogP contribution in [0.3, 0.4) is 0 Å². The first-order chi connectivity index (χ1) is 15.5. The molecule has 0 radical (unpaired) electrons. The minimum atomic E-state index is -5.24. The number of halogens is 3. The fraction of sp³-hybridized carbons (Fsp3) is 0.450. The number of nitrogens with zero attached hydrogens (tertiary/aromatic N) is 3. The van der Waals surface area contributed by atoms with Crippen LogP contribution >= 0.6 is 0 Å². The number of primary amides is 1. The lowest BCUT2D eigenvalue weighted by molar-refractivity contribution is -0.209. The molecule has 2 aromatic rings. The number of nitrogens with two attached hydrogens (primary N) is 2. The summed E-state index contributed by atoms with van der Waals surface area (Å²) in [5.74, 6) is -4.94. The highest BCUT2D eigenvalue weighted by atomic mass is 19.4. The Labute approximate surface area is 188 Å². The number of hydrogen-bond acceptors (Lipinski definition) is 8. The molecule has 180 valence electrons. The molecule has 1 aromatic carbocycles. The molecule has 0 fully saturated rings. The van der Waals surface area contributed by atoms with E-state index >= 15 is 0 Å². The molecule has 3 rings (SSSR count). The molecule has 0 bridgehead atoms. The highest BCUT2D eigenvalue weighted by molar-refractivity contribution is 5.96. The second-order valence-electron chi connectivity index (χ2n) is 7.51. The summed E-state index contributed by atoms with van der Waals surface area (Å²) in [5, 5.41) is 10.0. The zero-order valence-electron chi connectivity index (χ0n) is 18.2. The Kier molecular flexibility index (Phi) is 6.72. The van der Waals surface area contributed by atoms with Gasteiger partial charge in [-0.3, -0.25) is 15.0 Å². The van der Waals surface area contributed by atoms with E-state index in [1.165, 1.54) is 27.8 Å². The third-order valence-corrected chi connectivity index (χ3v) is 5.06. The maximum absolute atomic E-state index is 13.2. The summed E-state index contributed by atoms with van der Waals surface area (Å²) in [6, 6.07) is 5.98. The van der Waals surface area contributed by atoms with Gasteiger partial charge in [-0.25, -0.2) is 9.48 Å². The van der Waals surface area contributed by atoms with Crippen molar-refractivity contribution in [2.45, 2.75) is 45.4 Å². The molecule has 0 saturated carbocycles. The van der Waals surface area contributed by atoms with E-state index in [1.807, 2.05) is 0 Å². The molecule has 33 heavy (non-hydrogen) atoms. The number of esters is 1. The van der Waals surface area contributed by atoms with Crippen LogP contribution in [0.4, 0.5) is 30.4 Å². The number of benzene rings is 1. The molecular weight excluding hydrogens is 443 g/mol. The largest absolute Gasteiger partial charge is 0.491 e. The molecule has 1 atom stereocenters. The average Bonchev–Trinajstić information content (AvgIpc) is 3.23. The molecule has 6 N–H and O–H groups in total. The van der Waals surface area contributed by atoms with Gasteiger partial charge in [-0.1, -0.05) is 0 Å². The van der Waals surface area contributed by atoms with Crippen molar-refractivity contribution >= 4 is 29.1 Å². The van der Waals surface area contributed by atoms with Gasteiger partial charge in [0.25, 0.3) is 0 Å². The Morgan fingerprint density at radius 2 is 2.00 bits per heavy atom. The minimum Gasteiger partial charge on any atom is -0.394 e. The molecule has 13 heteroatoms. The summed E-state index contributed by atoms with van der Waals surface area (Å²) < 4.78 is 46.3. The summed E-state index contributed by atoms with van der Waals surface area (Å²) in [7, 11) is 0. The molecule has 1 aromatic heterocycles. The average molecular weight is 469 g/mol. The number of rotatable bonds is 9. The van der Waals surface area contributed by atoms with E-state index in [4.69, 9.17) is 16.2 Å². The van der Waals surface area contributed by atoms with Gasteiger partial charge in [0.2, 0.25) is 5.91 Å². The van der Waals surface area contributed by atoms with E-state index in [9.17, 15) is 22.8 Å². The highest BCUT2D eigenvalue weighted by Crippen LogP contribution is 2.42. The molecule has 2 heterocycles. The van der Waals surface area contributed by atoms with Gasteiger partial charge in [-0.15, -0.1) is 0 Å². The second kappa shape index (κ2) is 9.17. The first-order valence-electron chi connectivity index (χ1n) is 10.3. The van der Waals surface area contributed by atoms with Crippen molar-refractivity contribution in [1.82, 2.24) is 9.78 Å². The summed E-state index contributed by atoms with van der Waals surface area (Å²) >= 11 is 0. The smallest absolute Gasteiger partial charge is 0.394 e. The van der Waals surface area contributed by atoms with E-state index in [0.29, 0.717) is 43.1 Å². The monoisotopic (exact) mass is 469 g/mol. The van der Waals surface area contributed by atoms with Crippen LogP contribution in [-0.2, 0) is 16.1 Å². The summed E-state index contributed by atoms with van der Waals surface area (Å²) in [5.41, 5.74) is 12.4. The number of unbranched alkanes of at least 4 members (excludes halogenated alkanes) is 1. The Balaban J connectivity index is 2.12. The van der Waals surface area contributed by atoms with Crippen molar-refractivity contribution in [1.29, 1.82) is 0 Å². The van der Waals surface area contributed by atoms with Crippen LogP contribution < -0.4 is 27.0 Å². The van der Waals surface area contributed by atoms with Crippen molar-refractivity contribution in [3.8, 4) is 0 Å². The van der Waals surface area contributed by atoms with Gasteiger partial charge in [0.05, 0.1) is 17.1 Å². The number of aryl methyl sites for hydroxylation is 2. The molecule has 1 amide bonds. The molecule has 1 aliphatic heterocycles. The van der Waals surface area contributed by atoms with Crippen LogP contribution in [0.25, 0.3) is 0 Å². The highest BCUT2D eigenvalue weighted by Gasteiger charge is 2.53. The molecule has 1 aliphatic rings. The number of amides is 1. The fourth-order valence-electron chi connectivity index (χ4n) is 3.59. The van der Waals surface area contributed by atoms with Crippen molar-refractivity contribution in [2.75, 3.05) is 28.6 Å². The Bertz CT molecular complexity index is 1040. The van der Waals surface area contributed by atoms with E-state index < -0.39 is 24.0 Å². The van der Waals surface area contributed by atoms with E-state index in [2.05, 4.69) is 15.7 Å². The second-order valence-corrected chi connectivity index (χ2v) is 7.51. The molecular formula is C20H26F3N7O3. The van der Waals surface area contributed by atoms with Gasteiger partial charge in [0, 0.05) is 24.7 Å². The number of ether oxygens (including phenoxy) is 1. The van der Waals surface area contributed by atoms with Gasteiger partial charge in [-0.2, -0.15) is 18.3 Å². The van der Waals surface area contributed by atoms with Gasteiger partial charge in [-0.05, 0) is 51.4 Å². The predicted octanol–water partition coefficient (Wildman–Crippen LogP) is 2.11. The number of carbonyl (C=O) groups is 2. The van der Waals surface area contributed by atoms with Crippen LogP contribution in [0.5, 0.6) is 0 Å². The van der Waals surface area contributed by atoms with Crippen LogP contribution in [0.2, 0.25) is 0 Å². The third-order valence-electron chi connectivity index (χ3n) is 5.06. The normalized spacial score (nSPS) is 17.5. The maximum atomic E-state index is 13.2. The third kappa shape index (κ3) is 4.97. The first kappa shape index (κ1) is 24.2. The Hall–Kier alpha value is -3.48. The van der Waals surface area contributed by atoms with Crippen LogP contribution in [0.15, 0.2) is 24.3 Å². The Morgan fingerprint density at radius 3 is 2.61 bits per heavy atom. The van der Waals surface area contributed by atoms with Gasteiger partial charge in [0.1, 0.15) is 5.82 Å². The zero-order chi connectivity index (χ0) is 24.4. The minimum absolute atomic E-state index is 0.135. The molecule has 0 saturated heterocycles. The lowest BCUT2D eigenvalue weighted by Crippen LogP contribution is -2.61. The molecule has 1 unspecified atom stereocenters. The van der Waals surface area contributed by atoms with Crippen LogP contribution in [0, 0.1) is 6.92 Å². The number of alkyl halides is 3. The number of aromatic nitrogens is 2. The van der Waals surface area contributed by atoms with Gasteiger partial charge >= 0.3 is 18.1 Å². The maximum Gasteiger partial charge on any atom is 0.491 e. The lowest BCUT2D eigenvalue weighted by atomic mass is 10.1. The first-order valence-corrected chi connectivity index (χ1v) is 10.3. The van der Waals surface area contributed by atoms with E-state index in [1.54, 1.807) is 19.9 Å². The number of hydrogen-bond donors (Lipinski definition) is 4. The van der Waals surface area contributed by atoms with Gasteiger partial charge < -0.3 is 21.5 Å². The topological polar surface area (TPSA) is 141 Å². The standard InChI is InChI=1S/C20H26F3N7O3/c1-3-30-16(10-12(2)28-30)27-20(33-18(32)19(21,22)23)26-14-11-13(17(25)31)6-7-15(14)29(20)9-5-4-8-24/h6-7,10-11,26-27H,3-5,8-9,24H2,1-2H3,(H2,25,31). The molecule has 0 spiro atoms. The fourth-order valence-corrected chi connectivity index (χ4v) is 3.59. The zero-order valence-corrected chi connectivity index (χ0v) is 18.2. The summed E-state index contributed by atoms with van der Waals surface area (Å²) in [4.78, 5) is 25.1. The van der Waals surface area contributed by atoms with Gasteiger partial charge in [0.15, 0.2) is 0 Å².